The standard InChI is InChI=1S/C24H26F4N2O3S2/c1-3-33-23(32)22-16-7-12(4-5-19(16)35-20(22)11-18(31)15-10-17(15)25)6-14(34)8-13-9-21(24(26,27)28)29-30(13)2/h9,12,15,17H,3-8,10-11H2,1-2H3/t12-,15+,17-/m1/s1. The number of hydrogen-bond acceptors (Lipinski definition) is 6. The van der Waals surface area contributed by atoms with E-state index in [0.717, 1.165) is 22.9 Å². The maximum atomic E-state index is 13.4. The van der Waals surface area contributed by atoms with Gasteiger partial charge in [-0.3, -0.25) is 9.48 Å². The van der Waals surface area contributed by atoms with E-state index in [4.69, 9.17) is 17.0 Å². The molecule has 0 radical (unpaired) electrons. The second-order valence-corrected chi connectivity index (χ2v) is 11.0. The van der Waals surface area contributed by atoms with E-state index in [2.05, 4.69) is 5.10 Å². The second-order valence-electron chi connectivity index (χ2n) is 9.19. The lowest BCUT2D eigenvalue weighted by Crippen LogP contribution is -2.20. The van der Waals surface area contributed by atoms with Crippen molar-refractivity contribution in [1.29, 1.82) is 0 Å². The number of hydrogen-bond donors (Lipinski definition) is 0. The van der Waals surface area contributed by atoms with Crippen LogP contribution in [0, 0.1) is 11.8 Å². The Labute approximate surface area is 209 Å². The van der Waals surface area contributed by atoms with Crippen LogP contribution in [0.25, 0.3) is 0 Å². The molecule has 0 amide bonds. The number of ketones is 1. The maximum Gasteiger partial charge on any atom is 0.435 e. The highest BCUT2D eigenvalue weighted by Gasteiger charge is 2.44. The summed E-state index contributed by atoms with van der Waals surface area (Å²) in [5.74, 6) is -1.11. The van der Waals surface area contributed by atoms with Crippen LogP contribution in [0.5, 0.6) is 0 Å². The first-order chi connectivity index (χ1) is 16.5. The third-order valence-electron chi connectivity index (χ3n) is 6.54. The Morgan fingerprint density at radius 1 is 1.31 bits per heavy atom. The van der Waals surface area contributed by atoms with Crippen LogP contribution in [-0.2, 0) is 48.4 Å². The first-order valence-corrected chi connectivity index (χ1v) is 12.8. The van der Waals surface area contributed by atoms with Crippen LogP contribution in [0.2, 0.25) is 0 Å². The number of carbonyl (C=O) groups excluding carboxylic acids is 2. The number of Topliss-reactive ketones (excluding diaryl/α,β-unsaturated/α-hetero) is 1. The van der Waals surface area contributed by atoms with Gasteiger partial charge in [0.15, 0.2) is 5.69 Å². The second kappa shape index (κ2) is 10.1. The fourth-order valence-corrected chi connectivity index (χ4v) is 6.38. The van der Waals surface area contributed by atoms with E-state index in [1.165, 1.54) is 23.1 Å². The molecule has 2 heterocycles. The van der Waals surface area contributed by atoms with Gasteiger partial charge in [-0.05, 0) is 61.4 Å². The third-order valence-corrected chi connectivity index (χ3v) is 8.14. The SMILES string of the molecule is CCOC(=O)c1c(CC(=O)[C@H]2C[C@H]2F)sc2c1C[C@@H](CC(=S)Cc1cc(C(F)(F)F)nn1C)CC2. The van der Waals surface area contributed by atoms with Crippen molar-refractivity contribution in [2.45, 2.75) is 64.2 Å². The highest BCUT2D eigenvalue weighted by Crippen LogP contribution is 2.41. The van der Waals surface area contributed by atoms with E-state index >= 15 is 0 Å². The van der Waals surface area contributed by atoms with Crippen LogP contribution < -0.4 is 0 Å². The Morgan fingerprint density at radius 2 is 2.03 bits per heavy atom. The molecular formula is C24H26F4N2O3S2. The quantitative estimate of drug-likeness (QED) is 0.252. The first kappa shape index (κ1) is 25.9. The summed E-state index contributed by atoms with van der Waals surface area (Å²) in [5, 5.41) is 3.54. The minimum Gasteiger partial charge on any atom is -0.462 e. The Bertz CT molecular complexity index is 1150. The van der Waals surface area contributed by atoms with Crippen molar-refractivity contribution in [3.05, 3.63) is 38.3 Å². The summed E-state index contributed by atoms with van der Waals surface area (Å²) in [6, 6.07) is 1.02. The van der Waals surface area contributed by atoms with Crippen LogP contribution in [-0.4, -0.2) is 39.2 Å². The summed E-state index contributed by atoms with van der Waals surface area (Å²) in [5.41, 5.74) is 0.745. The number of aryl methyl sites for hydroxylation is 2. The third kappa shape index (κ3) is 5.82. The van der Waals surface area contributed by atoms with Gasteiger partial charge in [0, 0.05) is 35.3 Å². The molecule has 0 bridgehead atoms. The van der Waals surface area contributed by atoms with Crippen molar-refractivity contribution in [3.63, 3.8) is 0 Å². The van der Waals surface area contributed by atoms with Gasteiger partial charge in [0.2, 0.25) is 0 Å². The maximum absolute atomic E-state index is 13.4. The predicted octanol–water partition coefficient (Wildman–Crippen LogP) is 5.25. The molecule has 2 aliphatic carbocycles. The van der Waals surface area contributed by atoms with Crippen LogP contribution in [0.15, 0.2) is 6.07 Å². The van der Waals surface area contributed by atoms with Crippen LogP contribution >= 0.6 is 23.6 Å². The normalized spacial score (nSPS) is 21.5. The molecular weight excluding hydrogens is 504 g/mol. The topological polar surface area (TPSA) is 61.2 Å². The number of halogens is 4. The Kier molecular flexibility index (Phi) is 7.47. The minimum absolute atomic E-state index is 0.0298. The molecule has 0 aliphatic heterocycles. The molecule has 3 atom stereocenters. The van der Waals surface area contributed by atoms with Gasteiger partial charge in [0.05, 0.1) is 18.1 Å². The molecule has 0 saturated heterocycles. The van der Waals surface area contributed by atoms with E-state index < -0.39 is 29.9 Å². The fourth-order valence-electron chi connectivity index (χ4n) is 4.64. The summed E-state index contributed by atoms with van der Waals surface area (Å²) in [6.45, 7) is 1.91. The lowest BCUT2D eigenvalue weighted by atomic mass is 9.83. The number of thiocarbonyl (C=S) groups is 1. The molecule has 4 rings (SSSR count). The van der Waals surface area contributed by atoms with E-state index in [-0.39, 0.29) is 37.6 Å². The smallest absolute Gasteiger partial charge is 0.435 e. The van der Waals surface area contributed by atoms with Gasteiger partial charge in [-0.1, -0.05) is 12.2 Å². The Morgan fingerprint density at radius 3 is 2.63 bits per heavy atom. The number of fused-ring (bicyclic) bond motifs is 1. The summed E-state index contributed by atoms with van der Waals surface area (Å²) in [7, 11) is 1.46. The average Bonchev–Trinajstić information content (AvgIpc) is 3.22. The van der Waals surface area contributed by atoms with Crippen molar-refractivity contribution in [2.24, 2.45) is 18.9 Å². The molecule has 11 heteroatoms. The van der Waals surface area contributed by atoms with Crippen molar-refractivity contribution in [3.8, 4) is 0 Å². The molecule has 0 N–H and O–H groups in total. The van der Waals surface area contributed by atoms with Gasteiger partial charge < -0.3 is 4.74 Å². The average molecular weight is 531 g/mol. The molecule has 35 heavy (non-hydrogen) atoms. The molecule has 2 aromatic rings. The van der Waals surface area contributed by atoms with Crippen LogP contribution in [0.3, 0.4) is 0 Å². The molecule has 2 aromatic heterocycles. The number of rotatable bonds is 9. The fraction of sp³-hybridized carbons (Fsp3) is 0.583. The molecule has 0 aromatic carbocycles. The van der Waals surface area contributed by atoms with Gasteiger partial charge in [-0.15, -0.1) is 11.3 Å². The zero-order valence-corrected chi connectivity index (χ0v) is 21.0. The zero-order chi connectivity index (χ0) is 25.5. The van der Waals surface area contributed by atoms with Gasteiger partial charge in [-0.25, -0.2) is 9.18 Å². The van der Waals surface area contributed by atoms with Crippen LogP contribution in [0.1, 0.15) is 63.2 Å². The molecule has 2 aliphatic rings. The van der Waals surface area contributed by atoms with Gasteiger partial charge >= 0.3 is 12.1 Å². The number of alkyl halides is 4. The largest absolute Gasteiger partial charge is 0.462 e. The first-order valence-electron chi connectivity index (χ1n) is 11.6. The summed E-state index contributed by atoms with van der Waals surface area (Å²) in [6.07, 6.45) is -2.48. The van der Waals surface area contributed by atoms with E-state index in [9.17, 15) is 27.2 Å². The monoisotopic (exact) mass is 530 g/mol. The van der Waals surface area contributed by atoms with Crippen molar-refractivity contribution >= 4 is 40.2 Å². The number of esters is 1. The molecule has 5 nitrogen and oxygen atoms in total. The highest BCUT2D eigenvalue weighted by atomic mass is 32.1. The molecule has 1 fully saturated rings. The number of ether oxygens (including phenoxy) is 1. The predicted molar refractivity (Wildman–Crippen MR) is 127 cm³/mol. The Balaban J connectivity index is 1.47. The number of thiophene rings is 1. The van der Waals surface area contributed by atoms with E-state index in [1.807, 2.05) is 0 Å². The van der Waals surface area contributed by atoms with Crippen molar-refractivity contribution in [1.82, 2.24) is 9.78 Å². The molecule has 190 valence electrons. The molecule has 1 saturated carbocycles. The number of nitrogens with zero attached hydrogens (tertiary/aromatic N) is 2. The highest BCUT2D eigenvalue weighted by molar-refractivity contribution is 7.80. The van der Waals surface area contributed by atoms with E-state index in [0.29, 0.717) is 40.3 Å². The lowest BCUT2D eigenvalue weighted by molar-refractivity contribution is -0.141. The van der Waals surface area contributed by atoms with Crippen molar-refractivity contribution in [2.75, 3.05) is 6.61 Å². The van der Waals surface area contributed by atoms with Gasteiger partial charge in [0.1, 0.15) is 12.0 Å². The lowest BCUT2D eigenvalue weighted by Gasteiger charge is -2.23. The van der Waals surface area contributed by atoms with Gasteiger partial charge in [-0.2, -0.15) is 18.3 Å². The van der Waals surface area contributed by atoms with Gasteiger partial charge in [0.25, 0.3) is 0 Å². The van der Waals surface area contributed by atoms with Crippen molar-refractivity contribution < 1.29 is 31.9 Å². The summed E-state index contributed by atoms with van der Waals surface area (Å²) >= 11 is 6.95. The van der Waals surface area contributed by atoms with E-state index in [1.54, 1.807) is 6.92 Å². The zero-order valence-electron chi connectivity index (χ0n) is 19.4. The summed E-state index contributed by atoms with van der Waals surface area (Å²) in [4.78, 5) is 27.5. The summed E-state index contributed by atoms with van der Waals surface area (Å²) < 4.78 is 58.7. The number of carbonyl (C=O) groups is 2. The molecule has 0 spiro atoms. The Hall–Kier alpha value is -2.14. The minimum atomic E-state index is -4.51. The number of aromatic nitrogens is 2. The van der Waals surface area contributed by atoms with Crippen LogP contribution in [0.4, 0.5) is 17.6 Å². The molecule has 0 unspecified atom stereocenters.